The molecule has 0 atom stereocenters. The van der Waals surface area contributed by atoms with E-state index >= 15 is 0 Å². The van der Waals surface area contributed by atoms with Crippen LogP contribution in [0.5, 0.6) is 0 Å². The molecule has 8 heteroatoms. The number of sulfonamides is 1. The third-order valence-electron chi connectivity index (χ3n) is 2.16. The number of aliphatic carboxylic acids is 1. The first kappa shape index (κ1) is 13.9. The van der Waals surface area contributed by atoms with E-state index in [4.69, 9.17) is 5.11 Å². The highest BCUT2D eigenvalue weighted by molar-refractivity contribution is 7.90. The molecule has 1 saturated carbocycles. The first-order valence-corrected chi connectivity index (χ1v) is 7.03. The molecule has 1 amide bonds. The Hall–Kier alpha value is -1.15. The number of carbonyl (C=O) groups excluding carboxylic acids is 1. The van der Waals surface area contributed by atoms with Gasteiger partial charge >= 0.3 is 5.97 Å². The Bertz CT molecular complexity index is 388. The lowest BCUT2D eigenvalue weighted by atomic mass is 10.3. The summed E-state index contributed by atoms with van der Waals surface area (Å²) in [5.41, 5.74) is 0. The van der Waals surface area contributed by atoms with Crippen LogP contribution < -0.4 is 10.0 Å². The van der Waals surface area contributed by atoms with Crippen LogP contribution in [0.2, 0.25) is 0 Å². The monoisotopic (exact) mass is 264 g/mol. The first-order valence-electron chi connectivity index (χ1n) is 5.37. The van der Waals surface area contributed by atoms with Gasteiger partial charge in [0.25, 0.3) is 0 Å². The van der Waals surface area contributed by atoms with Gasteiger partial charge in [-0.05, 0) is 19.3 Å². The van der Waals surface area contributed by atoms with Gasteiger partial charge in [-0.2, -0.15) is 0 Å². The van der Waals surface area contributed by atoms with Gasteiger partial charge in [-0.15, -0.1) is 0 Å². The Morgan fingerprint density at radius 3 is 2.47 bits per heavy atom. The fourth-order valence-electron chi connectivity index (χ4n) is 1.22. The van der Waals surface area contributed by atoms with Crippen LogP contribution >= 0.6 is 0 Å². The molecular weight excluding hydrogens is 248 g/mol. The zero-order valence-electron chi connectivity index (χ0n) is 9.31. The van der Waals surface area contributed by atoms with Gasteiger partial charge in [0.05, 0.1) is 0 Å². The minimum Gasteiger partial charge on any atom is -0.480 e. The summed E-state index contributed by atoms with van der Waals surface area (Å²) in [5.74, 6) is -2.43. The van der Waals surface area contributed by atoms with Crippen molar-refractivity contribution in [3.63, 3.8) is 0 Å². The molecule has 1 aliphatic carbocycles. The summed E-state index contributed by atoms with van der Waals surface area (Å²) < 4.78 is 24.3. The van der Waals surface area contributed by atoms with Crippen LogP contribution in [-0.2, 0) is 19.6 Å². The number of carboxylic acids is 1. The molecule has 1 fully saturated rings. The van der Waals surface area contributed by atoms with E-state index in [1.165, 1.54) is 0 Å². The summed E-state index contributed by atoms with van der Waals surface area (Å²) in [7, 11) is -3.77. The third-order valence-corrected chi connectivity index (χ3v) is 3.43. The smallest absolute Gasteiger partial charge is 0.320 e. The van der Waals surface area contributed by atoms with Gasteiger partial charge in [0.1, 0.15) is 0 Å². The molecule has 1 rings (SSSR count). The summed E-state index contributed by atoms with van der Waals surface area (Å²) >= 11 is 0. The number of carboxylic acid groups (broad SMARTS) is 1. The van der Waals surface area contributed by atoms with Crippen molar-refractivity contribution in [1.29, 1.82) is 0 Å². The fourth-order valence-corrected chi connectivity index (χ4v) is 2.10. The third kappa shape index (κ3) is 6.90. The van der Waals surface area contributed by atoms with Gasteiger partial charge in [-0.1, -0.05) is 0 Å². The zero-order valence-corrected chi connectivity index (χ0v) is 10.1. The summed E-state index contributed by atoms with van der Waals surface area (Å²) in [6.07, 6.45) is 2.62. The predicted octanol–water partition coefficient (Wildman–Crippen LogP) is -0.951. The Balaban J connectivity index is 2.10. The van der Waals surface area contributed by atoms with Gasteiger partial charge in [0, 0.05) is 19.0 Å². The van der Waals surface area contributed by atoms with Gasteiger partial charge in [0.2, 0.25) is 15.9 Å². The van der Waals surface area contributed by atoms with Crippen LogP contribution in [0.3, 0.4) is 0 Å². The summed E-state index contributed by atoms with van der Waals surface area (Å²) in [5, 5.41) is 11.1. The molecule has 0 aromatic rings. The van der Waals surface area contributed by atoms with Crippen molar-refractivity contribution in [2.24, 2.45) is 0 Å². The van der Waals surface area contributed by atoms with Crippen LogP contribution in [-0.4, -0.2) is 43.7 Å². The summed E-state index contributed by atoms with van der Waals surface area (Å²) in [4.78, 5) is 21.4. The van der Waals surface area contributed by atoms with Crippen molar-refractivity contribution in [1.82, 2.24) is 10.0 Å². The highest BCUT2D eigenvalue weighted by Crippen LogP contribution is 2.18. The molecule has 17 heavy (non-hydrogen) atoms. The molecule has 98 valence electrons. The van der Waals surface area contributed by atoms with Crippen molar-refractivity contribution >= 4 is 21.9 Å². The number of rotatable bonds is 8. The molecule has 0 aromatic heterocycles. The van der Waals surface area contributed by atoms with Crippen LogP contribution in [0.15, 0.2) is 0 Å². The minimum atomic E-state index is -3.77. The van der Waals surface area contributed by atoms with Gasteiger partial charge in [-0.3, -0.25) is 9.59 Å². The maximum Gasteiger partial charge on any atom is 0.320 e. The Morgan fingerprint density at radius 2 is 1.94 bits per heavy atom. The van der Waals surface area contributed by atoms with Crippen molar-refractivity contribution in [2.75, 3.05) is 12.3 Å². The SMILES string of the molecule is O=C(O)CS(=O)(=O)NCCCC(=O)NC1CC1. The quantitative estimate of drug-likeness (QED) is 0.489. The molecule has 0 unspecified atom stereocenters. The number of hydrogen-bond donors (Lipinski definition) is 3. The standard InChI is InChI=1S/C9H16N2O5S/c12-8(11-7-3-4-7)2-1-5-10-17(15,16)6-9(13)14/h7,10H,1-6H2,(H,11,12)(H,13,14). The van der Waals surface area contributed by atoms with E-state index < -0.39 is 21.7 Å². The number of hydrogen-bond acceptors (Lipinski definition) is 4. The van der Waals surface area contributed by atoms with E-state index in [0.29, 0.717) is 12.5 Å². The second-order valence-electron chi connectivity index (χ2n) is 3.99. The van der Waals surface area contributed by atoms with E-state index in [1.807, 2.05) is 0 Å². The van der Waals surface area contributed by atoms with E-state index in [1.54, 1.807) is 0 Å². The van der Waals surface area contributed by atoms with Crippen molar-refractivity contribution in [3.05, 3.63) is 0 Å². The molecule has 7 nitrogen and oxygen atoms in total. The molecule has 3 N–H and O–H groups in total. The molecule has 0 saturated heterocycles. The highest BCUT2D eigenvalue weighted by atomic mass is 32.2. The molecule has 0 spiro atoms. The Kier molecular flexibility index (Phi) is 4.88. The molecule has 0 aromatic carbocycles. The van der Waals surface area contributed by atoms with Crippen LogP contribution in [0.1, 0.15) is 25.7 Å². The lowest BCUT2D eigenvalue weighted by Gasteiger charge is -2.05. The maximum absolute atomic E-state index is 11.2. The second-order valence-corrected chi connectivity index (χ2v) is 5.80. The van der Waals surface area contributed by atoms with Gasteiger partial charge in [-0.25, -0.2) is 13.1 Å². The van der Waals surface area contributed by atoms with Gasteiger partial charge < -0.3 is 10.4 Å². The first-order chi connectivity index (χ1) is 7.89. The molecule has 0 heterocycles. The van der Waals surface area contributed by atoms with Crippen LogP contribution in [0.25, 0.3) is 0 Å². The Morgan fingerprint density at radius 1 is 1.29 bits per heavy atom. The van der Waals surface area contributed by atoms with E-state index in [2.05, 4.69) is 10.0 Å². The molecule has 1 aliphatic rings. The molecule has 0 radical (unpaired) electrons. The lowest BCUT2D eigenvalue weighted by Crippen LogP contribution is -2.32. The lowest BCUT2D eigenvalue weighted by molar-refractivity contribution is -0.134. The topological polar surface area (TPSA) is 113 Å². The van der Waals surface area contributed by atoms with Gasteiger partial charge in [0.15, 0.2) is 5.75 Å². The van der Waals surface area contributed by atoms with Crippen LogP contribution in [0, 0.1) is 0 Å². The molecular formula is C9H16N2O5S. The average molecular weight is 264 g/mol. The molecule has 0 aliphatic heterocycles. The number of carbonyl (C=O) groups is 2. The summed E-state index contributed by atoms with van der Waals surface area (Å²) in [6.45, 7) is 0.0771. The van der Waals surface area contributed by atoms with E-state index in [0.717, 1.165) is 12.8 Å². The minimum absolute atomic E-state index is 0.0771. The maximum atomic E-state index is 11.2. The van der Waals surface area contributed by atoms with Crippen molar-refractivity contribution in [2.45, 2.75) is 31.7 Å². The fraction of sp³-hybridized carbons (Fsp3) is 0.778. The number of amides is 1. The second kappa shape index (κ2) is 5.97. The average Bonchev–Trinajstić information content (AvgIpc) is 2.94. The van der Waals surface area contributed by atoms with E-state index in [-0.39, 0.29) is 18.9 Å². The van der Waals surface area contributed by atoms with E-state index in [9.17, 15) is 18.0 Å². The largest absolute Gasteiger partial charge is 0.480 e. The van der Waals surface area contributed by atoms with Crippen LogP contribution in [0.4, 0.5) is 0 Å². The van der Waals surface area contributed by atoms with Crippen molar-refractivity contribution in [3.8, 4) is 0 Å². The normalized spacial score (nSPS) is 15.5. The van der Waals surface area contributed by atoms with Crippen molar-refractivity contribution < 1.29 is 23.1 Å². The Labute approximate surface area is 99.6 Å². The zero-order chi connectivity index (χ0) is 12.9. The molecule has 0 bridgehead atoms. The highest BCUT2D eigenvalue weighted by Gasteiger charge is 2.22. The predicted molar refractivity (Wildman–Crippen MR) is 59.8 cm³/mol. The summed E-state index contributed by atoms with van der Waals surface area (Å²) in [6, 6.07) is 0.297. The number of nitrogens with one attached hydrogen (secondary N) is 2.